The van der Waals surface area contributed by atoms with Crippen LogP contribution < -0.4 is 0 Å². The van der Waals surface area contributed by atoms with Crippen LogP contribution in [0, 0.1) is 11.6 Å². The molecule has 0 atom stereocenters. The number of halogens is 2. The summed E-state index contributed by atoms with van der Waals surface area (Å²) >= 11 is 0. The van der Waals surface area contributed by atoms with E-state index in [1.807, 2.05) is 0 Å². The number of aryl methyl sites for hydroxylation is 1. The molecule has 0 fully saturated rings. The van der Waals surface area contributed by atoms with Crippen LogP contribution in [0.1, 0.15) is 12.1 Å². The maximum Gasteiger partial charge on any atom is 0.303 e. The number of hydrogen-bond donors (Lipinski definition) is 1. The van der Waals surface area contributed by atoms with Crippen molar-refractivity contribution >= 4 is 5.97 Å². The third kappa shape index (κ3) is 2.50. The highest BCUT2D eigenvalue weighted by atomic mass is 19.2. The fourth-order valence-electron chi connectivity index (χ4n) is 1.44. The summed E-state index contributed by atoms with van der Waals surface area (Å²) in [6, 6.07) is 3.71. The van der Waals surface area contributed by atoms with Crippen molar-refractivity contribution in [2.45, 2.75) is 12.8 Å². The van der Waals surface area contributed by atoms with E-state index in [-0.39, 0.29) is 18.5 Å². The minimum atomic E-state index is -1.02. The molecular weight excluding hydrogens is 244 g/mol. The molecule has 1 aromatic carbocycles. The van der Waals surface area contributed by atoms with Crippen molar-refractivity contribution in [3.05, 3.63) is 41.7 Å². The van der Waals surface area contributed by atoms with E-state index in [4.69, 9.17) is 5.11 Å². The summed E-state index contributed by atoms with van der Waals surface area (Å²) in [7, 11) is 0. The van der Waals surface area contributed by atoms with Gasteiger partial charge in [-0.1, -0.05) is 11.3 Å². The van der Waals surface area contributed by atoms with Gasteiger partial charge in [-0.05, 0) is 12.1 Å². The summed E-state index contributed by atoms with van der Waals surface area (Å²) in [6.45, 7) is 0. The van der Waals surface area contributed by atoms with E-state index in [9.17, 15) is 13.6 Å². The van der Waals surface area contributed by atoms with Crippen LogP contribution in [0.15, 0.2) is 24.4 Å². The molecule has 1 N–H and O–H groups in total. The fourth-order valence-corrected chi connectivity index (χ4v) is 1.44. The molecule has 1 heterocycles. The molecule has 0 bridgehead atoms. The average Bonchev–Trinajstić information content (AvgIpc) is 2.78. The van der Waals surface area contributed by atoms with E-state index >= 15 is 0 Å². The second-order valence-corrected chi connectivity index (χ2v) is 3.62. The Balaban J connectivity index is 2.24. The zero-order chi connectivity index (χ0) is 13.1. The summed E-state index contributed by atoms with van der Waals surface area (Å²) in [5.74, 6) is -2.95. The first-order valence-electron chi connectivity index (χ1n) is 5.15. The van der Waals surface area contributed by atoms with Crippen LogP contribution >= 0.6 is 0 Å². The Hall–Kier alpha value is -2.31. The van der Waals surface area contributed by atoms with E-state index < -0.39 is 17.6 Å². The van der Waals surface area contributed by atoms with Crippen LogP contribution in [0.25, 0.3) is 5.69 Å². The van der Waals surface area contributed by atoms with Crippen LogP contribution in [0.4, 0.5) is 8.78 Å². The molecule has 0 saturated heterocycles. The van der Waals surface area contributed by atoms with E-state index in [0.29, 0.717) is 5.69 Å². The summed E-state index contributed by atoms with van der Waals surface area (Å²) in [5.41, 5.74) is 0.338. The van der Waals surface area contributed by atoms with Crippen molar-refractivity contribution in [2.75, 3.05) is 0 Å². The molecule has 0 unspecified atom stereocenters. The lowest BCUT2D eigenvalue weighted by Gasteiger charge is -2.01. The molecule has 2 rings (SSSR count). The first-order chi connectivity index (χ1) is 8.58. The van der Waals surface area contributed by atoms with Gasteiger partial charge in [-0.3, -0.25) is 4.79 Å². The molecule has 0 saturated carbocycles. The predicted octanol–water partition coefficient (Wildman–Crippen LogP) is 1.56. The molecule has 1 aromatic heterocycles. The smallest absolute Gasteiger partial charge is 0.303 e. The second-order valence-electron chi connectivity index (χ2n) is 3.62. The number of carbonyl (C=O) groups is 1. The molecule has 2 aromatic rings. The zero-order valence-electron chi connectivity index (χ0n) is 9.18. The molecule has 18 heavy (non-hydrogen) atoms. The van der Waals surface area contributed by atoms with E-state index in [2.05, 4.69) is 10.3 Å². The minimum Gasteiger partial charge on any atom is -0.481 e. The molecule has 0 radical (unpaired) electrons. The summed E-state index contributed by atoms with van der Waals surface area (Å²) in [6.07, 6.45) is 1.47. The Morgan fingerprint density at radius 3 is 2.89 bits per heavy atom. The average molecular weight is 253 g/mol. The molecule has 0 aliphatic heterocycles. The van der Waals surface area contributed by atoms with Gasteiger partial charge in [0.15, 0.2) is 11.6 Å². The Morgan fingerprint density at radius 2 is 2.17 bits per heavy atom. The van der Waals surface area contributed by atoms with Crippen molar-refractivity contribution in [3.8, 4) is 5.69 Å². The first kappa shape index (κ1) is 12.2. The first-order valence-corrected chi connectivity index (χ1v) is 5.15. The third-order valence-electron chi connectivity index (χ3n) is 2.31. The van der Waals surface area contributed by atoms with Crippen molar-refractivity contribution < 1.29 is 18.7 Å². The van der Waals surface area contributed by atoms with Gasteiger partial charge in [0.05, 0.1) is 18.3 Å². The van der Waals surface area contributed by atoms with Gasteiger partial charge in [0.2, 0.25) is 0 Å². The number of benzene rings is 1. The van der Waals surface area contributed by atoms with Crippen molar-refractivity contribution in [1.29, 1.82) is 0 Å². The highest BCUT2D eigenvalue weighted by Gasteiger charge is 2.11. The Bertz CT molecular complexity index is 583. The lowest BCUT2D eigenvalue weighted by atomic mass is 10.2. The van der Waals surface area contributed by atoms with Crippen LogP contribution in [-0.4, -0.2) is 26.1 Å². The molecule has 0 aliphatic carbocycles. The van der Waals surface area contributed by atoms with Gasteiger partial charge in [0, 0.05) is 6.42 Å². The second kappa shape index (κ2) is 4.91. The van der Waals surface area contributed by atoms with Crippen molar-refractivity contribution in [1.82, 2.24) is 15.0 Å². The van der Waals surface area contributed by atoms with Gasteiger partial charge < -0.3 is 5.11 Å². The van der Waals surface area contributed by atoms with Gasteiger partial charge in [-0.2, -0.15) is 0 Å². The number of aliphatic carboxylic acids is 1. The molecule has 0 spiro atoms. The minimum absolute atomic E-state index is 0.0657. The van der Waals surface area contributed by atoms with Gasteiger partial charge in [-0.15, -0.1) is 5.10 Å². The van der Waals surface area contributed by atoms with Gasteiger partial charge in [0.25, 0.3) is 0 Å². The molecular formula is C11H9F2N3O2. The number of hydrogen-bond acceptors (Lipinski definition) is 3. The number of nitrogens with zero attached hydrogens (tertiary/aromatic N) is 3. The number of carboxylic acid groups (broad SMARTS) is 1. The lowest BCUT2D eigenvalue weighted by molar-refractivity contribution is -0.136. The van der Waals surface area contributed by atoms with Crippen LogP contribution in [0.5, 0.6) is 0 Å². The fraction of sp³-hybridized carbons (Fsp3) is 0.182. The predicted molar refractivity (Wildman–Crippen MR) is 57.2 cm³/mol. The van der Waals surface area contributed by atoms with Crippen molar-refractivity contribution in [3.63, 3.8) is 0 Å². The molecule has 94 valence electrons. The summed E-state index contributed by atoms with van der Waals surface area (Å²) in [4.78, 5) is 10.4. The summed E-state index contributed by atoms with van der Waals surface area (Å²) in [5, 5.41) is 15.8. The molecule has 7 heteroatoms. The third-order valence-corrected chi connectivity index (χ3v) is 2.31. The van der Waals surface area contributed by atoms with Crippen molar-refractivity contribution in [2.24, 2.45) is 0 Å². The number of carboxylic acids is 1. The topological polar surface area (TPSA) is 68.0 Å². The molecule has 0 aliphatic rings. The van der Waals surface area contributed by atoms with Gasteiger partial charge >= 0.3 is 5.97 Å². The number of rotatable bonds is 4. The maximum atomic E-state index is 13.5. The molecule has 0 amide bonds. The standard InChI is InChI=1S/C11H9F2N3O2/c12-8-2-1-3-9(11(8)13)16-6-7(14-15-16)4-5-10(17)18/h1-3,6H,4-5H2,(H,17,18). The Labute approximate surface area is 101 Å². The Morgan fingerprint density at radius 1 is 1.39 bits per heavy atom. The summed E-state index contributed by atoms with van der Waals surface area (Å²) < 4.78 is 27.5. The quantitative estimate of drug-likeness (QED) is 0.897. The zero-order valence-corrected chi connectivity index (χ0v) is 9.18. The van der Waals surface area contributed by atoms with E-state index in [0.717, 1.165) is 10.7 Å². The highest BCUT2D eigenvalue weighted by Crippen LogP contribution is 2.15. The molecule has 5 nitrogen and oxygen atoms in total. The number of aromatic nitrogens is 3. The normalized spacial score (nSPS) is 10.6. The van der Waals surface area contributed by atoms with Crippen LogP contribution in [0.2, 0.25) is 0 Å². The van der Waals surface area contributed by atoms with Crippen LogP contribution in [0.3, 0.4) is 0 Å². The monoisotopic (exact) mass is 253 g/mol. The Kier molecular flexibility index (Phi) is 3.31. The van der Waals surface area contributed by atoms with Gasteiger partial charge in [0.1, 0.15) is 5.69 Å². The SMILES string of the molecule is O=C(O)CCc1cn(-c2cccc(F)c2F)nn1. The van der Waals surface area contributed by atoms with Crippen LogP contribution in [-0.2, 0) is 11.2 Å². The maximum absolute atomic E-state index is 13.5. The van der Waals surface area contributed by atoms with E-state index in [1.165, 1.54) is 18.3 Å². The van der Waals surface area contributed by atoms with Gasteiger partial charge in [-0.25, -0.2) is 13.5 Å². The lowest BCUT2D eigenvalue weighted by Crippen LogP contribution is -2.00. The largest absolute Gasteiger partial charge is 0.481 e. The highest BCUT2D eigenvalue weighted by molar-refractivity contribution is 5.66. The van der Waals surface area contributed by atoms with E-state index in [1.54, 1.807) is 0 Å².